The molecule has 0 atom stereocenters. The molecule has 0 aliphatic heterocycles. The predicted octanol–water partition coefficient (Wildman–Crippen LogP) is 4.38. The molecule has 1 amide bonds. The van der Waals surface area contributed by atoms with Gasteiger partial charge in [-0.05, 0) is 49.4 Å². The Morgan fingerprint density at radius 1 is 0.971 bits per heavy atom. The Bertz CT molecular complexity index is 1490. The van der Waals surface area contributed by atoms with Gasteiger partial charge in [-0.25, -0.2) is 9.67 Å². The first kappa shape index (κ1) is 21.3. The van der Waals surface area contributed by atoms with Crippen LogP contribution in [0.4, 0.5) is 5.69 Å². The Morgan fingerprint density at radius 2 is 1.79 bits per heavy atom. The third-order valence-electron chi connectivity index (χ3n) is 5.34. The highest BCUT2D eigenvalue weighted by atomic mass is 16.5. The first-order valence-electron chi connectivity index (χ1n) is 10.8. The molecule has 0 aliphatic rings. The summed E-state index contributed by atoms with van der Waals surface area (Å²) in [6.07, 6.45) is 3.43. The number of rotatable bonds is 6. The van der Waals surface area contributed by atoms with Gasteiger partial charge in [0.25, 0.3) is 0 Å². The molecule has 8 heteroatoms. The van der Waals surface area contributed by atoms with Gasteiger partial charge in [-0.1, -0.05) is 24.3 Å². The molecule has 0 fully saturated rings. The maximum Gasteiger partial charge on any atom is 0.230 e. The fourth-order valence-corrected chi connectivity index (χ4v) is 3.77. The number of nitrogens with zero attached hydrogens (tertiary/aromatic N) is 5. The number of aryl methyl sites for hydroxylation is 1. The number of hydrogen-bond acceptors (Lipinski definition) is 6. The summed E-state index contributed by atoms with van der Waals surface area (Å²) in [4.78, 5) is 26.2. The Kier molecular flexibility index (Phi) is 5.70. The van der Waals surface area contributed by atoms with Gasteiger partial charge in [0.05, 0.1) is 41.6 Å². The van der Waals surface area contributed by atoms with E-state index in [1.165, 1.54) is 0 Å². The van der Waals surface area contributed by atoms with Crippen LogP contribution >= 0.6 is 0 Å². The molecule has 0 radical (unpaired) electrons. The average molecular weight is 451 g/mol. The summed E-state index contributed by atoms with van der Waals surface area (Å²) in [7, 11) is 1.57. The zero-order valence-electron chi connectivity index (χ0n) is 18.8. The van der Waals surface area contributed by atoms with E-state index in [1.54, 1.807) is 36.3 Å². The molecule has 34 heavy (non-hydrogen) atoms. The van der Waals surface area contributed by atoms with Crippen molar-refractivity contribution in [1.29, 1.82) is 0 Å². The molecule has 8 nitrogen and oxygen atoms in total. The number of aromatic nitrogens is 5. The van der Waals surface area contributed by atoms with Gasteiger partial charge in [0.2, 0.25) is 5.91 Å². The van der Waals surface area contributed by atoms with Crippen LogP contribution in [0, 0.1) is 6.92 Å². The first-order valence-corrected chi connectivity index (χ1v) is 10.8. The highest BCUT2D eigenvalue weighted by molar-refractivity contribution is 5.93. The number of carbonyl (C=O) groups is 1. The van der Waals surface area contributed by atoms with Crippen LogP contribution in [0.15, 0.2) is 79.1 Å². The topological polar surface area (TPSA) is 94.8 Å². The SMILES string of the molecule is COc1ccccc1NC(=O)Cc1cc(-c2ccc3nccnc3c2)n(-c2cccc(C)n2)n1. The van der Waals surface area contributed by atoms with Gasteiger partial charge in [-0.15, -0.1) is 0 Å². The average Bonchev–Trinajstić information content (AvgIpc) is 3.27. The van der Waals surface area contributed by atoms with Crippen molar-refractivity contribution in [2.24, 2.45) is 0 Å². The highest BCUT2D eigenvalue weighted by Gasteiger charge is 2.17. The molecule has 0 spiro atoms. The molecule has 5 aromatic rings. The first-order chi connectivity index (χ1) is 16.6. The number of methoxy groups -OCH3 is 1. The van der Waals surface area contributed by atoms with Crippen LogP contribution in [0.5, 0.6) is 5.75 Å². The van der Waals surface area contributed by atoms with Gasteiger partial charge < -0.3 is 10.1 Å². The molecule has 0 saturated carbocycles. The summed E-state index contributed by atoms with van der Waals surface area (Å²) in [5.41, 5.74) is 5.40. The van der Waals surface area contributed by atoms with E-state index in [0.29, 0.717) is 22.9 Å². The Labute approximate surface area is 196 Å². The number of hydrogen-bond donors (Lipinski definition) is 1. The number of para-hydroxylation sites is 2. The molecule has 5 rings (SSSR count). The third-order valence-corrected chi connectivity index (χ3v) is 5.34. The number of fused-ring (bicyclic) bond motifs is 1. The standard InChI is InChI=1S/C26H22N6O2/c1-17-6-5-9-25(29-17)32-23(18-10-11-20-22(14-18)28-13-12-27-20)15-19(31-32)16-26(33)30-21-7-3-4-8-24(21)34-2/h3-15H,16H2,1-2H3,(H,30,33). The number of carbonyl (C=O) groups excluding carboxylic acids is 1. The summed E-state index contributed by atoms with van der Waals surface area (Å²) in [5, 5.41) is 7.63. The lowest BCUT2D eigenvalue weighted by Crippen LogP contribution is -2.15. The van der Waals surface area contributed by atoms with Crippen LogP contribution in [0.1, 0.15) is 11.4 Å². The van der Waals surface area contributed by atoms with E-state index in [-0.39, 0.29) is 12.3 Å². The quantitative estimate of drug-likeness (QED) is 0.413. The van der Waals surface area contributed by atoms with Crippen molar-refractivity contribution in [3.63, 3.8) is 0 Å². The zero-order chi connectivity index (χ0) is 23.5. The Morgan fingerprint density at radius 3 is 2.62 bits per heavy atom. The van der Waals surface area contributed by atoms with Gasteiger partial charge >= 0.3 is 0 Å². The molecule has 0 unspecified atom stereocenters. The minimum atomic E-state index is -0.192. The molecule has 3 aromatic heterocycles. The molecule has 168 valence electrons. The lowest BCUT2D eigenvalue weighted by Gasteiger charge is -2.09. The second-order valence-electron chi connectivity index (χ2n) is 7.75. The normalized spacial score (nSPS) is 10.9. The van der Waals surface area contributed by atoms with Crippen molar-refractivity contribution < 1.29 is 9.53 Å². The second kappa shape index (κ2) is 9.11. The second-order valence-corrected chi connectivity index (χ2v) is 7.75. The summed E-state index contributed by atoms with van der Waals surface area (Å²) in [6, 6.07) is 20.8. The van der Waals surface area contributed by atoms with Crippen molar-refractivity contribution in [2.75, 3.05) is 12.4 Å². The van der Waals surface area contributed by atoms with Gasteiger partial charge in [0, 0.05) is 23.7 Å². The molecule has 0 bridgehead atoms. The molecule has 1 N–H and O–H groups in total. The van der Waals surface area contributed by atoms with Gasteiger partial charge in [0.1, 0.15) is 5.75 Å². The maximum atomic E-state index is 12.8. The lowest BCUT2D eigenvalue weighted by molar-refractivity contribution is -0.115. The maximum absolute atomic E-state index is 12.8. The largest absolute Gasteiger partial charge is 0.495 e. The Balaban J connectivity index is 1.51. The minimum Gasteiger partial charge on any atom is -0.495 e. The van der Waals surface area contributed by atoms with E-state index in [9.17, 15) is 4.79 Å². The third kappa shape index (κ3) is 4.33. The fourth-order valence-electron chi connectivity index (χ4n) is 3.77. The van der Waals surface area contributed by atoms with E-state index in [2.05, 4.69) is 20.3 Å². The van der Waals surface area contributed by atoms with Crippen molar-refractivity contribution in [3.05, 3.63) is 90.5 Å². The number of nitrogens with one attached hydrogen (secondary N) is 1. The van der Waals surface area contributed by atoms with E-state index in [1.807, 2.05) is 61.5 Å². The van der Waals surface area contributed by atoms with E-state index in [0.717, 1.165) is 28.0 Å². The number of anilines is 1. The van der Waals surface area contributed by atoms with Crippen molar-refractivity contribution in [1.82, 2.24) is 24.7 Å². The summed E-state index contributed by atoms with van der Waals surface area (Å²) in [6.45, 7) is 1.93. The smallest absolute Gasteiger partial charge is 0.230 e. The number of ether oxygens (including phenoxy) is 1. The van der Waals surface area contributed by atoms with Crippen LogP contribution < -0.4 is 10.1 Å². The number of pyridine rings is 1. The van der Waals surface area contributed by atoms with E-state index >= 15 is 0 Å². The molecule has 0 saturated heterocycles. The Hall–Kier alpha value is -4.59. The van der Waals surface area contributed by atoms with Crippen LogP contribution in [0.25, 0.3) is 28.1 Å². The monoisotopic (exact) mass is 450 g/mol. The van der Waals surface area contributed by atoms with Crippen molar-refractivity contribution >= 4 is 22.6 Å². The van der Waals surface area contributed by atoms with Gasteiger partial charge in [-0.2, -0.15) is 5.10 Å². The minimum absolute atomic E-state index is 0.0945. The predicted molar refractivity (Wildman–Crippen MR) is 130 cm³/mol. The zero-order valence-corrected chi connectivity index (χ0v) is 18.8. The molecule has 0 aliphatic carbocycles. The number of benzene rings is 2. The van der Waals surface area contributed by atoms with Crippen LogP contribution in [0.3, 0.4) is 0 Å². The van der Waals surface area contributed by atoms with E-state index in [4.69, 9.17) is 9.84 Å². The molecular formula is C26H22N6O2. The summed E-state index contributed by atoms with van der Waals surface area (Å²) >= 11 is 0. The van der Waals surface area contributed by atoms with Gasteiger partial charge in [0.15, 0.2) is 5.82 Å². The molecule has 3 heterocycles. The summed E-state index contributed by atoms with van der Waals surface area (Å²) in [5.74, 6) is 1.08. The fraction of sp³-hybridized carbons (Fsp3) is 0.115. The van der Waals surface area contributed by atoms with Crippen LogP contribution in [-0.4, -0.2) is 37.7 Å². The van der Waals surface area contributed by atoms with Crippen molar-refractivity contribution in [3.8, 4) is 22.8 Å². The molecule has 2 aromatic carbocycles. The molecular weight excluding hydrogens is 428 g/mol. The van der Waals surface area contributed by atoms with Gasteiger partial charge in [-0.3, -0.25) is 14.8 Å². The van der Waals surface area contributed by atoms with Crippen LogP contribution in [-0.2, 0) is 11.2 Å². The lowest BCUT2D eigenvalue weighted by atomic mass is 10.1. The van der Waals surface area contributed by atoms with Crippen LogP contribution in [0.2, 0.25) is 0 Å². The highest BCUT2D eigenvalue weighted by Crippen LogP contribution is 2.27. The van der Waals surface area contributed by atoms with Crippen molar-refractivity contribution in [2.45, 2.75) is 13.3 Å². The number of amides is 1. The summed E-state index contributed by atoms with van der Waals surface area (Å²) < 4.78 is 7.09. The van der Waals surface area contributed by atoms with E-state index < -0.39 is 0 Å².